The van der Waals surface area contributed by atoms with Gasteiger partial charge in [-0.1, -0.05) is 24.3 Å². The molecule has 0 aliphatic carbocycles. The average molecular weight is 373 g/mol. The lowest BCUT2D eigenvalue weighted by molar-refractivity contribution is -0.147. The first kappa shape index (κ1) is 19.8. The Kier molecular flexibility index (Phi) is 7.53. The minimum absolute atomic E-state index is 0.0854. The highest BCUT2D eigenvalue weighted by molar-refractivity contribution is 7.98. The molecule has 138 valence electrons. The Balaban J connectivity index is 1.73. The summed E-state index contributed by atoms with van der Waals surface area (Å²) in [5.74, 6) is -0.0804. The number of aryl methyl sites for hydroxylation is 2. The normalized spacial score (nSPS) is 10.3. The molecule has 2 aromatic carbocycles. The molecule has 0 atom stereocenters. The molecule has 6 heteroatoms. The Labute approximate surface area is 158 Å². The van der Waals surface area contributed by atoms with Gasteiger partial charge in [-0.2, -0.15) is 0 Å². The summed E-state index contributed by atoms with van der Waals surface area (Å²) in [6.07, 6.45) is 2.02. The monoisotopic (exact) mass is 373 g/mol. The molecule has 0 fully saturated rings. The van der Waals surface area contributed by atoms with Crippen molar-refractivity contribution in [2.45, 2.75) is 25.2 Å². The highest BCUT2D eigenvalue weighted by Gasteiger charge is 2.10. The fourth-order valence-corrected chi connectivity index (χ4v) is 2.81. The van der Waals surface area contributed by atoms with E-state index in [4.69, 9.17) is 9.47 Å². The van der Waals surface area contributed by atoms with E-state index in [0.717, 1.165) is 21.8 Å². The van der Waals surface area contributed by atoms with E-state index in [-0.39, 0.29) is 25.5 Å². The summed E-state index contributed by atoms with van der Waals surface area (Å²) >= 11 is 1.53. The molecule has 0 saturated carbocycles. The number of rotatable bonds is 8. The van der Waals surface area contributed by atoms with Crippen LogP contribution in [0.3, 0.4) is 0 Å². The van der Waals surface area contributed by atoms with Gasteiger partial charge in [0.05, 0.1) is 18.7 Å². The molecule has 1 amide bonds. The summed E-state index contributed by atoms with van der Waals surface area (Å²) in [7, 11) is 0. The van der Waals surface area contributed by atoms with Gasteiger partial charge in [-0.05, 0) is 49.4 Å². The SMILES string of the molecule is CSc1ccccc1NC(=O)COC(=O)CCOc1cc(C)ccc1C. The summed E-state index contributed by atoms with van der Waals surface area (Å²) in [6.45, 7) is 3.82. The number of carbonyl (C=O) groups is 2. The van der Waals surface area contributed by atoms with E-state index in [1.165, 1.54) is 11.8 Å². The van der Waals surface area contributed by atoms with Crippen molar-refractivity contribution >= 4 is 29.3 Å². The molecule has 0 aliphatic heterocycles. The van der Waals surface area contributed by atoms with E-state index in [0.29, 0.717) is 5.69 Å². The van der Waals surface area contributed by atoms with E-state index in [1.807, 2.05) is 62.6 Å². The largest absolute Gasteiger partial charge is 0.493 e. The second-order valence-electron chi connectivity index (χ2n) is 5.78. The fraction of sp³-hybridized carbons (Fsp3) is 0.300. The van der Waals surface area contributed by atoms with Crippen molar-refractivity contribution in [3.63, 3.8) is 0 Å². The number of nitrogens with one attached hydrogen (secondary N) is 1. The Morgan fingerprint density at radius 1 is 1.12 bits per heavy atom. The number of esters is 1. The number of hydrogen-bond acceptors (Lipinski definition) is 5. The van der Waals surface area contributed by atoms with Crippen molar-refractivity contribution in [1.82, 2.24) is 0 Å². The van der Waals surface area contributed by atoms with E-state index < -0.39 is 5.97 Å². The maximum atomic E-state index is 11.9. The second kappa shape index (κ2) is 9.87. The van der Waals surface area contributed by atoms with Gasteiger partial charge in [0, 0.05) is 4.90 Å². The molecule has 0 radical (unpaired) electrons. The molecule has 0 aliphatic rings. The highest BCUT2D eigenvalue weighted by Crippen LogP contribution is 2.24. The van der Waals surface area contributed by atoms with E-state index in [1.54, 1.807) is 0 Å². The summed E-state index contributed by atoms with van der Waals surface area (Å²) in [5, 5.41) is 2.74. The smallest absolute Gasteiger partial charge is 0.309 e. The minimum atomic E-state index is -0.469. The van der Waals surface area contributed by atoms with Gasteiger partial charge in [0.2, 0.25) is 0 Å². The molecule has 0 unspecified atom stereocenters. The summed E-state index contributed by atoms with van der Waals surface area (Å²) < 4.78 is 10.6. The van der Waals surface area contributed by atoms with Gasteiger partial charge in [0.25, 0.3) is 5.91 Å². The number of amides is 1. The van der Waals surface area contributed by atoms with Gasteiger partial charge in [-0.3, -0.25) is 9.59 Å². The van der Waals surface area contributed by atoms with Crippen LogP contribution in [-0.2, 0) is 14.3 Å². The maximum Gasteiger partial charge on any atom is 0.309 e. The molecular weight excluding hydrogens is 350 g/mol. The van der Waals surface area contributed by atoms with Gasteiger partial charge in [0.1, 0.15) is 5.75 Å². The van der Waals surface area contributed by atoms with E-state index in [9.17, 15) is 9.59 Å². The lowest BCUT2D eigenvalue weighted by Crippen LogP contribution is -2.22. The van der Waals surface area contributed by atoms with Crippen LogP contribution >= 0.6 is 11.8 Å². The molecule has 26 heavy (non-hydrogen) atoms. The number of carbonyl (C=O) groups excluding carboxylic acids is 2. The van der Waals surface area contributed by atoms with Crippen LogP contribution in [-0.4, -0.2) is 31.3 Å². The van der Waals surface area contributed by atoms with Gasteiger partial charge in [-0.15, -0.1) is 11.8 Å². The van der Waals surface area contributed by atoms with Crippen LogP contribution in [0.25, 0.3) is 0 Å². The fourth-order valence-electron chi connectivity index (χ4n) is 2.26. The Morgan fingerprint density at radius 2 is 1.88 bits per heavy atom. The van der Waals surface area contributed by atoms with E-state index in [2.05, 4.69) is 5.32 Å². The predicted molar refractivity (Wildman–Crippen MR) is 104 cm³/mol. The van der Waals surface area contributed by atoms with Crippen molar-refractivity contribution < 1.29 is 19.1 Å². The highest BCUT2D eigenvalue weighted by atomic mass is 32.2. The second-order valence-corrected chi connectivity index (χ2v) is 6.62. The zero-order valence-electron chi connectivity index (χ0n) is 15.2. The first-order chi connectivity index (χ1) is 12.5. The van der Waals surface area contributed by atoms with Gasteiger partial charge >= 0.3 is 5.97 Å². The molecule has 1 N–H and O–H groups in total. The number of thioether (sulfide) groups is 1. The number of para-hydroxylation sites is 1. The number of ether oxygens (including phenoxy) is 2. The third-order valence-corrected chi connectivity index (χ3v) is 4.45. The molecular formula is C20H23NO4S. The lowest BCUT2D eigenvalue weighted by Gasteiger charge is -2.11. The topological polar surface area (TPSA) is 64.6 Å². The molecule has 0 aromatic heterocycles. The molecule has 2 aromatic rings. The van der Waals surface area contributed by atoms with Crippen LogP contribution < -0.4 is 10.1 Å². The summed E-state index contributed by atoms with van der Waals surface area (Å²) in [6, 6.07) is 13.4. The summed E-state index contributed by atoms with van der Waals surface area (Å²) in [5.41, 5.74) is 2.81. The Bertz CT molecular complexity index is 776. The van der Waals surface area contributed by atoms with Gasteiger partial charge in [0.15, 0.2) is 6.61 Å². The van der Waals surface area contributed by atoms with Crippen LogP contribution in [0.2, 0.25) is 0 Å². The predicted octanol–water partition coefficient (Wildman–Crippen LogP) is 3.98. The Hall–Kier alpha value is -2.47. The standard InChI is InChI=1S/C20H23NO4S/c1-14-8-9-15(2)17(12-14)24-11-10-20(23)25-13-19(22)21-16-6-4-5-7-18(16)26-3/h4-9,12H,10-11,13H2,1-3H3,(H,21,22). The van der Waals surface area contributed by atoms with Crippen molar-refractivity contribution in [2.24, 2.45) is 0 Å². The van der Waals surface area contributed by atoms with Crippen LogP contribution in [0.15, 0.2) is 47.4 Å². The number of hydrogen-bond donors (Lipinski definition) is 1. The first-order valence-corrected chi connectivity index (χ1v) is 9.50. The van der Waals surface area contributed by atoms with Crippen molar-refractivity contribution in [2.75, 3.05) is 24.8 Å². The quantitative estimate of drug-likeness (QED) is 0.560. The molecule has 0 spiro atoms. The number of anilines is 1. The van der Waals surface area contributed by atoms with Gasteiger partial charge < -0.3 is 14.8 Å². The first-order valence-electron chi connectivity index (χ1n) is 8.28. The molecule has 0 saturated heterocycles. The number of benzene rings is 2. The van der Waals surface area contributed by atoms with Crippen molar-refractivity contribution in [1.29, 1.82) is 0 Å². The molecule has 0 heterocycles. The average Bonchev–Trinajstić information content (AvgIpc) is 2.63. The van der Waals surface area contributed by atoms with E-state index >= 15 is 0 Å². The van der Waals surface area contributed by atoms with Crippen LogP contribution in [0.5, 0.6) is 5.75 Å². The third kappa shape index (κ3) is 6.11. The molecule has 2 rings (SSSR count). The zero-order chi connectivity index (χ0) is 18.9. The summed E-state index contributed by atoms with van der Waals surface area (Å²) in [4.78, 5) is 24.7. The van der Waals surface area contributed by atoms with Crippen LogP contribution in [0.4, 0.5) is 5.69 Å². The molecule has 5 nitrogen and oxygen atoms in total. The minimum Gasteiger partial charge on any atom is -0.493 e. The van der Waals surface area contributed by atoms with Gasteiger partial charge in [-0.25, -0.2) is 0 Å². The zero-order valence-corrected chi connectivity index (χ0v) is 16.0. The van der Waals surface area contributed by atoms with Crippen LogP contribution in [0, 0.1) is 13.8 Å². The maximum absolute atomic E-state index is 11.9. The third-order valence-electron chi connectivity index (χ3n) is 3.65. The van der Waals surface area contributed by atoms with Crippen molar-refractivity contribution in [3.05, 3.63) is 53.6 Å². The lowest BCUT2D eigenvalue weighted by atomic mass is 10.1. The molecule has 0 bridgehead atoms. The van der Waals surface area contributed by atoms with Crippen LogP contribution in [0.1, 0.15) is 17.5 Å². The Morgan fingerprint density at radius 3 is 2.65 bits per heavy atom. The van der Waals surface area contributed by atoms with Crippen molar-refractivity contribution in [3.8, 4) is 5.75 Å².